The van der Waals surface area contributed by atoms with E-state index in [0.29, 0.717) is 11.1 Å². The summed E-state index contributed by atoms with van der Waals surface area (Å²) in [6.07, 6.45) is 3.13. The van der Waals surface area contributed by atoms with Crippen molar-refractivity contribution in [1.82, 2.24) is 10.1 Å². The van der Waals surface area contributed by atoms with E-state index >= 15 is 0 Å². The molecule has 3 nitrogen and oxygen atoms in total. The van der Waals surface area contributed by atoms with Crippen LogP contribution in [-0.4, -0.2) is 10.1 Å². The molecule has 1 aromatic heterocycles. The molecule has 0 N–H and O–H groups in total. The Labute approximate surface area is 68.9 Å². The molecule has 2 heterocycles. The second-order valence-corrected chi connectivity index (χ2v) is 3.53. The zero-order valence-electron chi connectivity index (χ0n) is 6.15. The molecule has 0 fully saturated rings. The summed E-state index contributed by atoms with van der Waals surface area (Å²) in [7, 11) is 0. The smallest absolute Gasteiger partial charge is 0.240 e. The highest BCUT2D eigenvalue weighted by atomic mass is 32.2. The van der Waals surface area contributed by atoms with Crippen LogP contribution in [0.2, 0.25) is 0 Å². The number of hydrogen-bond acceptors (Lipinski definition) is 4. The molecule has 0 aromatic carbocycles. The summed E-state index contributed by atoms with van der Waals surface area (Å²) in [5, 5.41) is 6.17. The van der Waals surface area contributed by atoms with Gasteiger partial charge in [0.1, 0.15) is 0 Å². The van der Waals surface area contributed by atoms with E-state index in [2.05, 4.69) is 21.6 Å². The van der Waals surface area contributed by atoms with E-state index in [1.807, 2.05) is 6.92 Å². The molecule has 0 radical (unpaired) electrons. The average molecular weight is 168 g/mol. The van der Waals surface area contributed by atoms with Gasteiger partial charge in [-0.2, -0.15) is 4.98 Å². The van der Waals surface area contributed by atoms with E-state index in [1.165, 1.54) is 0 Å². The van der Waals surface area contributed by atoms with Gasteiger partial charge in [0, 0.05) is 0 Å². The SMILES string of the molecule is Cc1noc(C2CC=CS2)n1. The molecule has 58 valence electrons. The van der Waals surface area contributed by atoms with Crippen molar-refractivity contribution in [2.24, 2.45) is 0 Å². The van der Waals surface area contributed by atoms with E-state index in [1.54, 1.807) is 11.8 Å². The third kappa shape index (κ3) is 1.30. The maximum absolute atomic E-state index is 5.03. The van der Waals surface area contributed by atoms with Crippen LogP contribution in [-0.2, 0) is 0 Å². The molecule has 0 saturated heterocycles. The summed E-state index contributed by atoms with van der Waals surface area (Å²) < 4.78 is 5.03. The molecule has 1 aliphatic heterocycles. The Bertz CT molecular complexity index is 274. The lowest BCUT2D eigenvalue weighted by atomic mass is 10.3. The number of aryl methyl sites for hydroxylation is 1. The van der Waals surface area contributed by atoms with Crippen molar-refractivity contribution in [3.8, 4) is 0 Å². The van der Waals surface area contributed by atoms with Gasteiger partial charge in [-0.05, 0) is 18.8 Å². The predicted octanol–water partition coefficient (Wildman–Crippen LogP) is 2.07. The Morgan fingerprint density at radius 2 is 2.64 bits per heavy atom. The summed E-state index contributed by atoms with van der Waals surface area (Å²) in [5.41, 5.74) is 0. The van der Waals surface area contributed by atoms with Gasteiger partial charge in [-0.1, -0.05) is 11.2 Å². The molecule has 0 spiro atoms. The molecule has 4 heteroatoms. The Morgan fingerprint density at radius 3 is 3.18 bits per heavy atom. The van der Waals surface area contributed by atoms with Crippen LogP contribution in [0, 0.1) is 6.92 Å². The van der Waals surface area contributed by atoms with Crippen LogP contribution in [0.5, 0.6) is 0 Å². The number of allylic oxidation sites excluding steroid dienone is 1. The Kier molecular flexibility index (Phi) is 1.69. The van der Waals surface area contributed by atoms with Crippen molar-refractivity contribution >= 4 is 11.8 Å². The van der Waals surface area contributed by atoms with Gasteiger partial charge >= 0.3 is 0 Å². The second kappa shape index (κ2) is 2.70. The summed E-state index contributed by atoms with van der Waals surface area (Å²) in [6, 6.07) is 0. The molecule has 1 atom stereocenters. The highest BCUT2D eigenvalue weighted by Crippen LogP contribution is 2.37. The lowest BCUT2D eigenvalue weighted by Gasteiger charge is -1.98. The van der Waals surface area contributed by atoms with Crippen molar-refractivity contribution < 1.29 is 4.52 Å². The zero-order chi connectivity index (χ0) is 7.68. The fourth-order valence-electron chi connectivity index (χ4n) is 0.988. The Morgan fingerprint density at radius 1 is 1.73 bits per heavy atom. The van der Waals surface area contributed by atoms with Gasteiger partial charge in [-0.25, -0.2) is 0 Å². The van der Waals surface area contributed by atoms with Gasteiger partial charge < -0.3 is 4.52 Å². The highest BCUT2D eigenvalue weighted by molar-refractivity contribution is 8.02. The minimum Gasteiger partial charge on any atom is -0.338 e. The first-order valence-electron chi connectivity index (χ1n) is 3.47. The van der Waals surface area contributed by atoms with Crippen molar-refractivity contribution in [2.45, 2.75) is 18.6 Å². The van der Waals surface area contributed by atoms with Crippen LogP contribution in [0.15, 0.2) is 16.0 Å². The van der Waals surface area contributed by atoms with E-state index in [-0.39, 0.29) is 0 Å². The van der Waals surface area contributed by atoms with Gasteiger partial charge in [0.05, 0.1) is 5.25 Å². The third-order valence-corrected chi connectivity index (χ3v) is 2.58. The predicted molar refractivity (Wildman–Crippen MR) is 43.1 cm³/mol. The molecule has 0 saturated carbocycles. The quantitative estimate of drug-likeness (QED) is 0.643. The molecular formula is C7H8N2OS. The van der Waals surface area contributed by atoms with Crippen LogP contribution in [0.1, 0.15) is 23.4 Å². The Hall–Kier alpha value is -0.770. The van der Waals surface area contributed by atoms with Crippen molar-refractivity contribution in [1.29, 1.82) is 0 Å². The number of hydrogen-bond donors (Lipinski definition) is 0. The molecular weight excluding hydrogens is 160 g/mol. The fraction of sp³-hybridized carbons (Fsp3) is 0.429. The zero-order valence-corrected chi connectivity index (χ0v) is 6.97. The molecule has 1 aromatic rings. The van der Waals surface area contributed by atoms with E-state index in [0.717, 1.165) is 12.3 Å². The minimum atomic E-state index is 0.358. The first-order chi connectivity index (χ1) is 5.36. The van der Waals surface area contributed by atoms with Crippen LogP contribution >= 0.6 is 11.8 Å². The van der Waals surface area contributed by atoms with Crippen molar-refractivity contribution in [2.75, 3.05) is 0 Å². The lowest BCUT2D eigenvalue weighted by molar-refractivity contribution is 0.374. The van der Waals surface area contributed by atoms with Crippen LogP contribution < -0.4 is 0 Å². The van der Waals surface area contributed by atoms with Crippen LogP contribution in [0.3, 0.4) is 0 Å². The number of nitrogens with zero attached hydrogens (tertiary/aromatic N) is 2. The Balaban J connectivity index is 2.17. The number of rotatable bonds is 1. The third-order valence-electron chi connectivity index (χ3n) is 1.51. The van der Waals surface area contributed by atoms with Gasteiger partial charge in [-0.15, -0.1) is 11.8 Å². The van der Waals surface area contributed by atoms with E-state index in [4.69, 9.17) is 4.52 Å². The van der Waals surface area contributed by atoms with E-state index < -0.39 is 0 Å². The first kappa shape index (κ1) is 6.91. The van der Waals surface area contributed by atoms with Gasteiger partial charge in [-0.3, -0.25) is 0 Å². The van der Waals surface area contributed by atoms with Crippen LogP contribution in [0.25, 0.3) is 0 Å². The van der Waals surface area contributed by atoms with Crippen LogP contribution in [0.4, 0.5) is 0 Å². The lowest BCUT2D eigenvalue weighted by Crippen LogP contribution is -1.88. The second-order valence-electron chi connectivity index (χ2n) is 2.41. The average Bonchev–Trinajstić information content (AvgIpc) is 2.55. The molecule has 11 heavy (non-hydrogen) atoms. The van der Waals surface area contributed by atoms with Crippen molar-refractivity contribution in [3.63, 3.8) is 0 Å². The summed E-state index contributed by atoms with van der Waals surface area (Å²) in [6.45, 7) is 1.83. The molecule has 0 bridgehead atoms. The van der Waals surface area contributed by atoms with Gasteiger partial charge in [0.25, 0.3) is 0 Å². The summed E-state index contributed by atoms with van der Waals surface area (Å²) >= 11 is 1.73. The number of thioether (sulfide) groups is 1. The summed E-state index contributed by atoms with van der Waals surface area (Å²) in [5.74, 6) is 1.46. The molecule has 0 aliphatic carbocycles. The monoisotopic (exact) mass is 168 g/mol. The molecule has 1 aliphatic rings. The summed E-state index contributed by atoms with van der Waals surface area (Å²) in [4.78, 5) is 4.15. The first-order valence-corrected chi connectivity index (χ1v) is 4.41. The fourth-order valence-corrected chi connectivity index (χ4v) is 1.83. The molecule has 2 rings (SSSR count). The largest absolute Gasteiger partial charge is 0.338 e. The topological polar surface area (TPSA) is 38.9 Å². The highest BCUT2D eigenvalue weighted by Gasteiger charge is 2.19. The standard InChI is InChI=1S/C7H8N2OS/c1-5-8-7(10-9-5)6-3-2-4-11-6/h2,4,6H,3H2,1H3. The maximum Gasteiger partial charge on any atom is 0.240 e. The molecule has 0 amide bonds. The van der Waals surface area contributed by atoms with E-state index in [9.17, 15) is 0 Å². The van der Waals surface area contributed by atoms with Crippen molar-refractivity contribution in [3.05, 3.63) is 23.2 Å². The number of aromatic nitrogens is 2. The molecule has 1 unspecified atom stereocenters. The van der Waals surface area contributed by atoms with Gasteiger partial charge in [0.15, 0.2) is 5.82 Å². The maximum atomic E-state index is 5.03. The van der Waals surface area contributed by atoms with Gasteiger partial charge in [0.2, 0.25) is 5.89 Å². The minimum absolute atomic E-state index is 0.358. The normalized spacial score (nSPS) is 22.8.